The molecule has 0 saturated carbocycles. The first-order valence-electron chi connectivity index (χ1n) is 7.85. The first-order chi connectivity index (χ1) is 11.3. The fraction of sp³-hybridized carbons (Fsp3) is 0.316. The van der Waals surface area contributed by atoms with Crippen LogP contribution >= 0.6 is 0 Å². The lowest BCUT2D eigenvalue weighted by atomic mass is 9.81. The van der Waals surface area contributed by atoms with E-state index in [0.29, 0.717) is 12.2 Å². The molecule has 2 rings (SSSR count). The van der Waals surface area contributed by atoms with E-state index in [1.807, 2.05) is 38.1 Å². The zero-order chi connectivity index (χ0) is 17.7. The van der Waals surface area contributed by atoms with Gasteiger partial charge in [-0.15, -0.1) is 0 Å². The van der Waals surface area contributed by atoms with Crippen molar-refractivity contribution in [2.45, 2.75) is 32.6 Å². The predicted octanol–water partition coefficient (Wildman–Crippen LogP) is 4.49. The molecule has 0 aliphatic heterocycles. The molecule has 0 unspecified atom stereocenters. The van der Waals surface area contributed by atoms with Gasteiger partial charge in [0.2, 0.25) is 0 Å². The Morgan fingerprint density at radius 3 is 2.33 bits per heavy atom. The van der Waals surface area contributed by atoms with Crippen LogP contribution in [0.2, 0.25) is 0 Å². The average Bonchev–Trinajstić information content (AvgIpc) is 2.54. The summed E-state index contributed by atoms with van der Waals surface area (Å²) in [6.07, 6.45) is 0.283. The highest BCUT2D eigenvalue weighted by Crippen LogP contribution is 2.33. The molecule has 0 atom stereocenters. The number of esters is 1. The zero-order valence-electron chi connectivity index (χ0n) is 14.1. The monoisotopic (exact) mass is 327 g/mol. The molecular formula is C19H21NO4. The van der Waals surface area contributed by atoms with Crippen LogP contribution in [-0.2, 0) is 14.9 Å². The van der Waals surface area contributed by atoms with Gasteiger partial charge in [0.05, 0.1) is 23.5 Å². The van der Waals surface area contributed by atoms with E-state index in [-0.39, 0.29) is 28.4 Å². The van der Waals surface area contributed by atoms with Crippen LogP contribution in [0, 0.1) is 10.1 Å². The van der Waals surface area contributed by atoms with Gasteiger partial charge in [-0.1, -0.05) is 50.2 Å². The Bertz CT molecular complexity index is 735. The maximum atomic E-state index is 11.7. The van der Waals surface area contributed by atoms with Crippen LogP contribution in [0.25, 0.3) is 11.1 Å². The normalized spacial score (nSPS) is 11.1. The quantitative estimate of drug-likeness (QED) is 0.445. The van der Waals surface area contributed by atoms with Gasteiger partial charge in [0.1, 0.15) is 0 Å². The van der Waals surface area contributed by atoms with Gasteiger partial charge in [-0.25, -0.2) is 0 Å². The summed E-state index contributed by atoms with van der Waals surface area (Å²) >= 11 is 0. The minimum absolute atomic E-state index is 0.0797. The molecule has 0 aromatic heterocycles. The van der Waals surface area contributed by atoms with Gasteiger partial charge in [0.15, 0.2) is 0 Å². The van der Waals surface area contributed by atoms with Crippen LogP contribution in [0.1, 0.15) is 32.8 Å². The first kappa shape index (κ1) is 17.7. The number of hydrogen-bond acceptors (Lipinski definition) is 4. The lowest BCUT2D eigenvalue weighted by molar-refractivity contribution is -0.384. The minimum Gasteiger partial charge on any atom is -0.466 e. The van der Waals surface area contributed by atoms with Crippen LogP contribution in [0.5, 0.6) is 0 Å². The zero-order valence-corrected chi connectivity index (χ0v) is 14.1. The van der Waals surface area contributed by atoms with Gasteiger partial charge in [-0.2, -0.15) is 0 Å². The van der Waals surface area contributed by atoms with Crippen molar-refractivity contribution in [3.05, 3.63) is 64.2 Å². The molecule has 0 spiro atoms. The molecule has 0 radical (unpaired) electrons. The van der Waals surface area contributed by atoms with E-state index < -0.39 is 0 Å². The summed E-state index contributed by atoms with van der Waals surface area (Å²) in [7, 11) is 0. The molecule has 2 aromatic carbocycles. The van der Waals surface area contributed by atoms with Crippen molar-refractivity contribution in [3.8, 4) is 11.1 Å². The molecular weight excluding hydrogens is 306 g/mol. The third-order valence-corrected chi connectivity index (χ3v) is 3.97. The summed E-state index contributed by atoms with van der Waals surface area (Å²) in [5.41, 5.74) is 2.05. The second-order valence-electron chi connectivity index (χ2n) is 6.22. The lowest BCUT2D eigenvalue weighted by Gasteiger charge is -2.24. The highest BCUT2D eigenvalue weighted by Gasteiger charge is 2.25. The van der Waals surface area contributed by atoms with Crippen LogP contribution < -0.4 is 0 Å². The van der Waals surface area contributed by atoms with Crippen molar-refractivity contribution < 1.29 is 14.5 Å². The first-order valence-corrected chi connectivity index (χ1v) is 7.85. The Balaban J connectivity index is 2.28. The number of nitro benzene ring substituents is 1. The van der Waals surface area contributed by atoms with Gasteiger partial charge in [-0.3, -0.25) is 14.9 Å². The molecule has 126 valence electrons. The Kier molecular flexibility index (Phi) is 5.34. The Hall–Kier alpha value is -2.69. The molecule has 0 aliphatic carbocycles. The molecule has 0 N–H and O–H groups in total. The average molecular weight is 327 g/mol. The number of rotatable bonds is 6. The standard InChI is InChI=1S/C19H21NO4/c1-4-24-18(21)13-19(2,3)15-11-9-14(10-12-15)16-7-5-6-8-17(16)20(22)23/h5-12H,4,13H2,1-3H3. The fourth-order valence-electron chi connectivity index (χ4n) is 2.65. The Morgan fingerprint density at radius 2 is 1.75 bits per heavy atom. The molecule has 0 amide bonds. The summed E-state index contributed by atoms with van der Waals surface area (Å²) in [4.78, 5) is 22.5. The number of nitrogens with zero attached hydrogens (tertiary/aromatic N) is 1. The number of ether oxygens (including phenoxy) is 1. The number of benzene rings is 2. The topological polar surface area (TPSA) is 69.4 Å². The lowest BCUT2D eigenvalue weighted by Crippen LogP contribution is -2.23. The second kappa shape index (κ2) is 7.25. The van der Waals surface area contributed by atoms with Crippen LogP contribution in [-0.4, -0.2) is 17.5 Å². The summed E-state index contributed by atoms with van der Waals surface area (Å²) < 4.78 is 5.02. The third kappa shape index (κ3) is 3.98. The molecule has 0 fully saturated rings. The molecule has 5 nitrogen and oxygen atoms in total. The molecule has 2 aromatic rings. The van der Waals surface area contributed by atoms with Crippen molar-refractivity contribution in [3.63, 3.8) is 0 Å². The molecule has 0 bridgehead atoms. The highest BCUT2D eigenvalue weighted by molar-refractivity contribution is 5.74. The van der Waals surface area contributed by atoms with Crippen LogP contribution in [0.4, 0.5) is 5.69 Å². The summed E-state index contributed by atoms with van der Waals surface area (Å²) in [6, 6.07) is 14.2. The number of nitro groups is 1. The number of carbonyl (C=O) groups excluding carboxylic acids is 1. The predicted molar refractivity (Wildman–Crippen MR) is 92.8 cm³/mol. The summed E-state index contributed by atoms with van der Waals surface area (Å²) in [5, 5.41) is 11.2. The van der Waals surface area contributed by atoms with Gasteiger partial charge >= 0.3 is 5.97 Å². The van der Waals surface area contributed by atoms with E-state index in [2.05, 4.69) is 0 Å². The van der Waals surface area contributed by atoms with Crippen molar-refractivity contribution in [2.24, 2.45) is 0 Å². The highest BCUT2D eigenvalue weighted by atomic mass is 16.6. The summed E-state index contributed by atoms with van der Waals surface area (Å²) in [6.45, 7) is 6.10. The van der Waals surface area contributed by atoms with E-state index in [1.54, 1.807) is 25.1 Å². The van der Waals surface area contributed by atoms with E-state index in [0.717, 1.165) is 11.1 Å². The second-order valence-corrected chi connectivity index (χ2v) is 6.22. The van der Waals surface area contributed by atoms with Gasteiger partial charge < -0.3 is 4.74 Å². The van der Waals surface area contributed by atoms with Gasteiger partial charge in [0, 0.05) is 11.5 Å². The Morgan fingerprint density at radius 1 is 1.12 bits per heavy atom. The molecule has 0 aliphatic rings. The van der Waals surface area contributed by atoms with Crippen molar-refractivity contribution >= 4 is 11.7 Å². The van der Waals surface area contributed by atoms with E-state index >= 15 is 0 Å². The van der Waals surface area contributed by atoms with E-state index in [4.69, 9.17) is 4.74 Å². The number of hydrogen-bond donors (Lipinski definition) is 0. The fourth-order valence-corrected chi connectivity index (χ4v) is 2.65. The minimum atomic E-state index is -0.381. The van der Waals surface area contributed by atoms with Crippen LogP contribution in [0.3, 0.4) is 0 Å². The molecule has 5 heteroatoms. The van der Waals surface area contributed by atoms with Crippen molar-refractivity contribution in [2.75, 3.05) is 6.61 Å². The largest absolute Gasteiger partial charge is 0.466 e. The van der Waals surface area contributed by atoms with Gasteiger partial charge in [-0.05, 0) is 24.1 Å². The molecule has 24 heavy (non-hydrogen) atoms. The van der Waals surface area contributed by atoms with E-state index in [9.17, 15) is 14.9 Å². The number of para-hydroxylation sites is 1. The third-order valence-electron chi connectivity index (χ3n) is 3.97. The number of carbonyl (C=O) groups is 1. The maximum absolute atomic E-state index is 11.7. The maximum Gasteiger partial charge on any atom is 0.306 e. The molecule has 0 saturated heterocycles. The van der Waals surface area contributed by atoms with Crippen molar-refractivity contribution in [1.29, 1.82) is 0 Å². The van der Waals surface area contributed by atoms with Crippen LogP contribution in [0.15, 0.2) is 48.5 Å². The summed E-state index contributed by atoms with van der Waals surface area (Å²) in [5.74, 6) is -0.231. The smallest absolute Gasteiger partial charge is 0.306 e. The van der Waals surface area contributed by atoms with E-state index in [1.165, 1.54) is 6.07 Å². The Labute approximate surface area is 141 Å². The van der Waals surface area contributed by atoms with Crippen molar-refractivity contribution in [1.82, 2.24) is 0 Å². The molecule has 0 heterocycles. The SMILES string of the molecule is CCOC(=O)CC(C)(C)c1ccc(-c2ccccc2[N+](=O)[O-])cc1. The van der Waals surface area contributed by atoms with Gasteiger partial charge in [0.25, 0.3) is 5.69 Å².